The van der Waals surface area contributed by atoms with E-state index in [4.69, 9.17) is 4.74 Å². The van der Waals surface area contributed by atoms with Crippen molar-refractivity contribution in [3.63, 3.8) is 0 Å². The minimum atomic E-state index is -1.01. The van der Waals surface area contributed by atoms with Gasteiger partial charge in [0.1, 0.15) is 11.6 Å². The zero-order valence-electron chi connectivity index (χ0n) is 18.1. The number of anilines is 2. The fourth-order valence-corrected chi connectivity index (χ4v) is 3.49. The summed E-state index contributed by atoms with van der Waals surface area (Å²) < 4.78 is 48.1. The molecule has 3 rings (SSSR count). The van der Waals surface area contributed by atoms with Gasteiger partial charge >= 0.3 is 0 Å². The van der Waals surface area contributed by atoms with Crippen LogP contribution in [0.15, 0.2) is 24.3 Å². The van der Waals surface area contributed by atoms with E-state index in [1.165, 1.54) is 17.9 Å². The van der Waals surface area contributed by atoms with Crippen LogP contribution < -0.4 is 15.0 Å². The average molecular weight is 434 g/mol. The van der Waals surface area contributed by atoms with Crippen LogP contribution in [0.3, 0.4) is 0 Å². The van der Waals surface area contributed by atoms with E-state index in [-0.39, 0.29) is 47.0 Å². The molecule has 8 heteroatoms. The molecule has 166 valence electrons. The quantitative estimate of drug-likeness (QED) is 0.728. The Balaban J connectivity index is 2.00. The highest BCUT2D eigenvalue weighted by atomic mass is 19.1. The molecule has 0 saturated carbocycles. The number of carbonyl (C=O) groups excluding carboxylic acids is 2. The van der Waals surface area contributed by atoms with Gasteiger partial charge in [0.15, 0.2) is 17.7 Å². The number of halogens is 3. The highest BCUT2D eigenvalue weighted by Crippen LogP contribution is 2.42. The van der Waals surface area contributed by atoms with Crippen LogP contribution in [0.2, 0.25) is 0 Å². The molecule has 0 aromatic heterocycles. The lowest BCUT2D eigenvalue weighted by Gasteiger charge is -2.34. The zero-order chi connectivity index (χ0) is 23.1. The molecule has 31 heavy (non-hydrogen) atoms. The summed E-state index contributed by atoms with van der Waals surface area (Å²) in [6, 6.07) is 4.48. The number of aryl methyl sites for hydroxylation is 1. The molecule has 0 saturated heterocycles. The molecule has 1 N–H and O–H groups in total. The highest BCUT2D eigenvalue weighted by molar-refractivity contribution is 6.01. The number of hydrogen-bond donors (Lipinski definition) is 1. The third-order valence-electron chi connectivity index (χ3n) is 4.82. The largest absolute Gasteiger partial charge is 0.476 e. The van der Waals surface area contributed by atoms with Crippen LogP contribution in [0.4, 0.5) is 24.5 Å². The van der Waals surface area contributed by atoms with Crippen molar-refractivity contribution in [1.82, 2.24) is 0 Å². The zero-order valence-corrected chi connectivity index (χ0v) is 18.1. The molecule has 1 unspecified atom stereocenters. The summed E-state index contributed by atoms with van der Waals surface area (Å²) in [4.78, 5) is 26.3. The number of benzene rings is 2. The summed E-state index contributed by atoms with van der Waals surface area (Å²) in [6.45, 7) is 8.58. The summed E-state index contributed by atoms with van der Waals surface area (Å²) in [6.07, 6.45) is -0.822. The predicted octanol–water partition coefficient (Wildman–Crippen LogP) is 5.10. The Kier molecular flexibility index (Phi) is 6.02. The van der Waals surface area contributed by atoms with Crippen molar-refractivity contribution in [2.24, 2.45) is 5.41 Å². The van der Waals surface area contributed by atoms with Gasteiger partial charge in [0.05, 0.1) is 17.9 Å². The number of ether oxygens (including phenoxy) is 1. The average Bonchev–Trinajstić information content (AvgIpc) is 2.61. The normalized spacial score (nSPS) is 16.1. The lowest BCUT2D eigenvalue weighted by atomic mass is 9.92. The van der Waals surface area contributed by atoms with Crippen LogP contribution in [0.5, 0.6) is 5.75 Å². The standard InChI is InChI=1S/C23H25F3N2O3/c1-12-6-17-21(19(26)20(12)27-18(29)10-23(3,4)5)31-13(2)22(30)28(17)11-14-7-15(24)9-16(25)8-14/h6-9,13H,10-11H2,1-5H3,(H,27,29). The summed E-state index contributed by atoms with van der Waals surface area (Å²) >= 11 is 0. The van der Waals surface area contributed by atoms with Gasteiger partial charge in [-0.3, -0.25) is 9.59 Å². The maximum absolute atomic E-state index is 15.4. The Bertz CT molecular complexity index is 1030. The molecule has 0 radical (unpaired) electrons. The molecule has 2 aromatic rings. The monoisotopic (exact) mass is 434 g/mol. The number of amides is 2. The fraction of sp³-hybridized carbons (Fsp3) is 0.391. The molecule has 1 atom stereocenters. The smallest absolute Gasteiger partial charge is 0.268 e. The second-order valence-corrected chi connectivity index (χ2v) is 8.98. The van der Waals surface area contributed by atoms with Gasteiger partial charge < -0.3 is 15.0 Å². The minimum absolute atomic E-state index is 0.0219. The van der Waals surface area contributed by atoms with E-state index in [0.29, 0.717) is 5.56 Å². The molecule has 2 aromatic carbocycles. The Morgan fingerprint density at radius 3 is 2.32 bits per heavy atom. The second kappa shape index (κ2) is 8.24. The first-order valence-electron chi connectivity index (χ1n) is 9.91. The van der Waals surface area contributed by atoms with E-state index in [2.05, 4.69) is 5.32 Å². The first-order valence-corrected chi connectivity index (χ1v) is 9.91. The van der Waals surface area contributed by atoms with Crippen LogP contribution in [0.1, 0.15) is 45.2 Å². The van der Waals surface area contributed by atoms with Crippen molar-refractivity contribution in [2.75, 3.05) is 10.2 Å². The molecule has 0 aliphatic carbocycles. The van der Waals surface area contributed by atoms with Crippen molar-refractivity contribution in [2.45, 2.75) is 53.7 Å². The summed E-state index contributed by atoms with van der Waals surface area (Å²) in [5, 5.41) is 2.59. The van der Waals surface area contributed by atoms with Crippen molar-refractivity contribution >= 4 is 23.2 Å². The number of fused-ring (bicyclic) bond motifs is 1. The number of rotatable bonds is 4. The first-order chi connectivity index (χ1) is 14.4. The molecule has 5 nitrogen and oxygen atoms in total. The van der Waals surface area contributed by atoms with Gasteiger partial charge in [-0.15, -0.1) is 0 Å². The number of nitrogens with zero attached hydrogens (tertiary/aromatic N) is 1. The lowest BCUT2D eigenvalue weighted by Crippen LogP contribution is -2.44. The van der Waals surface area contributed by atoms with Crippen LogP contribution in [-0.4, -0.2) is 17.9 Å². The van der Waals surface area contributed by atoms with E-state index >= 15 is 4.39 Å². The number of carbonyl (C=O) groups is 2. The van der Waals surface area contributed by atoms with Crippen molar-refractivity contribution in [1.29, 1.82) is 0 Å². The Morgan fingerprint density at radius 1 is 1.13 bits per heavy atom. The Labute approximate surface area is 179 Å². The Hall–Kier alpha value is -3.03. The Morgan fingerprint density at radius 2 is 1.74 bits per heavy atom. The molecular formula is C23H25F3N2O3. The third-order valence-corrected chi connectivity index (χ3v) is 4.82. The topological polar surface area (TPSA) is 58.6 Å². The molecule has 0 bridgehead atoms. The van der Waals surface area contributed by atoms with Gasteiger partial charge in [-0.25, -0.2) is 13.2 Å². The van der Waals surface area contributed by atoms with Crippen LogP contribution in [0, 0.1) is 29.8 Å². The predicted molar refractivity (Wildman–Crippen MR) is 111 cm³/mol. The highest BCUT2D eigenvalue weighted by Gasteiger charge is 2.35. The van der Waals surface area contributed by atoms with Gasteiger partial charge in [0.25, 0.3) is 5.91 Å². The fourth-order valence-electron chi connectivity index (χ4n) is 3.49. The SMILES string of the molecule is Cc1cc2c(c(F)c1NC(=O)CC(C)(C)C)OC(C)C(=O)N2Cc1cc(F)cc(F)c1. The van der Waals surface area contributed by atoms with Crippen molar-refractivity contribution in [3.8, 4) is 5.75 Å². The van der Waals surface area contributed by atoms with E-state index in [1.54, 1.807) is 6.92 Å². The first kappa shape index (κ1) is 22.7. The molecule has 0 fully saturated rings. The van der Waals surface area contributed by atoms with Crippen molar-refractivity contribution in [3.05, 3.63) is 52.8 Å². The molecule has 2 amide bonds. The molecule has 1 heterocycles. The summed E-state index contributed by atoms with van der Waals surface area (Å²) in [5.74, 6) is -3.36. The summed E-state index contributed by atoms with van der Waals surface area (Å²) in [7, 11) is 0. The molecular weight excluding hydrogens is 409 g/mol. The minimum Gasteiger partial charge on any atom is -0.476 e. The molecule has 1 aliphatic heterocycles. The van der Waals surface area contributed by atoms with E-state index in [0.717, 1.165) is 18.2 Å². The van der Waals surface area contributed by atoms with Crippen LogP contribution in [-0.2, 0) is 16.1 Å². The van der Waals surface area contributed by atoms with E-state index < -0.39 is 29.5 Å². The second-order valence-electron chi connectivity index (χ2n) is 8.98. The molecule has 1 aliphatic rings. The van der Waals surface area contributed by atoms with E-state index in [9.17, 15) is 18.4 Å². The summed E-state index contributed by atoms with van der Waals surface area (Å²) in [5.41, 5.74) is 0.436. The maximum Gasteiger partial charge on any atom is 0.268 e. The van der Waals surface area contributed by atoms with Gasteiger partial charge in [-0.2, -0.15) is 0 Å². The van der Waals surface area contributed by atoms with Gasteiger partial charge in [0, 0.05) is 12.5 Å². The van der Waals surface area contributed by atoms with Gasteiger partial charge in [0.2, 0.25) is 5.91 Å². The lowest BCUT2D eigenvalue weighted by molar-refractivity contribution is -0.125. The third kappa shape index (κ3) is 5.00. The van der Waals surface area contributed by atoms with Gasteiger partial charge in [-0.1, -0.05) is 20.8 Å². The van der Waals surface area contributed by atoms with Crippen LogP contribution in [0.25, 0.3) is 0 Å². The molecule has 0 spiro atoms. The van der Waals surface area contributed by atoms with E-state index in [1.807, 2.05) is 20.8 Å². The van der Waals surface area contributed by atoms with Gasteiger partial charge in [-0.05, 0) is 48.6 Å². The number of nitrogens with one attached hydrogen (secondary N) is 1. The van der Waals surface area contributed by atoms with Crippen molar-refractivity contribution < 1.29 is 27.5 Å². The number of hydrogen-bond acceptors (Lipinski definition) is 3. The van der Waals surface area contributed by atoms with Crippen LogP contribution >= 0.6 is 0 Å². The maximum atomic E-state index is 15.4.